The van der Waals surface area contributed by atoms with Crippen LogP contribution < -0.4 is 15.0 Å². The molecule has 0 saturated carbocycles. The highest BCUT2D eigenvalue weighted by Crippen LogP contribution is 2.33. The molecule has 6 rings (SSSR count). The average Bonchev–Trinajstić information content (AvgIpc) is 3.60. The fraction of sp³-hybridized carbons (Fsp3) is 0.375. The third-order valence-corrected chi connectivity index (χ3v) is 6.42. The predicted molar refractivity (Wildman–Crippen MR) is 129 cm³/mol. The molecular weight excluding hydrogens is 432 g/mol. The minimum Gasteiger partial charge on any atom is -0.479 e. The molecule has 2 atom stereocenters. The Morgan fingerprint density at radius 1 is 1.12 bits per heavy atom. The number of pyridine rings is 2. The van der Waals surface area contributed by atoms with Crippen LogP contribution >= 0.6 is 0 Å². The van der Waals surface area contributed by atoms with E-state index < -0.39 is 0 Å². The number of anilines is 3. The van der Waals surface area contributed by atoms with Crippen LogP contribution in [0.4, 0.5) is 17.5 Å². The molecule has 0 spiro atoms. The van der Waals surface area contributed by atoms with Crippen LogP contribution in [-0.2, 0) is 4.74 Å². The Kier molecular flexibility index (Phi) is 5.02. The fourth-order valence-electron chi connectivity index (χ4n) is 4.71. The molecule has 2 unspecified atom stereocenters. The van der Waals surface area contributed by atoms with Gasteiger partial charge in [0.2, 0.25) is 11.8 Å². The number of rotatable bonds is 6. The van der Waals surface area contributed by atoms with Crippen molar-refractivity contribution in [1.29, 1.82) is 0 Å². The Balaban J connectivity index is 1.26. The number of fused-ring (bicyclic) bond motifs is 3. The maximum Gasteiger partial charge on any atom is 0.242 e. The van der Waals surface area contributed by atoms with Crippen LogP contribution in [0.2, 0.25) is 0 Å². The van der Waals surface area contributed by atoms with E-state index in [1.165, 1.54) is 0 Å². The van der Waals surface area contributed by atoms with Crippen molar-refractivity contribution in [3.8, 4) is 17.3 Å². The van der Waals surface area contributed by atoms with E-state index in [9.17, 15) is 0 Å². The summed E-state index contributed by atoms with van der Waals surface area (Å²) in [6.45, 7) is 5.95. The van der Waals surface area contributed by atoms with E-state index in [4.69, 9.17) is 9.47 Å². The minimum atomic E-state index is 0.255. The van der Waals surface area contributed by atoms with E-state index in [0.717, 1.165) is 36.3 Å². The third-order valence-electron chi connectivity index (χ3n) is 6.42. The van der Waals surface area contributed by atoms with Crippen LogP contribution in [0.15, 0.2) is 43.0 Å². The molecule has 10 heteroatoms. The van der Waals surface area contributed by atoms with E-state index in [1.54, 1.807) is 13.3 Å². The number of morpholine rings is 1. The molecule has 0 radical (unpaired) electrons. The van der Waals surface area contributed by atoms with Crippen molar-refractivity contribution in [3.05, 3.63) is 43.0 Å². The lowest BCUT2D eigenvalue weighted by Crippen LogP contribution is -2.36. The topological polar surface area (TPSA) is 103 Å². The summed E-state index contributed by atoms with van der Waals surface area (Å²) < 4.78 is 13.3. The van der Waals surface area contributed by atoms with Crippen molar-refractivity contribution in [1.82, 2.24) is 29.5 Å². The molecule has 0 aromatic carbocycles. The molecular formula is C24H26N8O2. The quantitative estimate of drug-likeness (QED) is 0.464. The zero-order valence-electron chi connectivity index (χ0n) is 19.3. The fourth-order valence-corrected chi connectivity index (χ4v) is 4.71. The van der Waals surface area contributed by atoms with Gasteiger partial charge < -0.3 is 24.3 Å². The summed E-state index contributed by atoms with van der Waals surface area (Å²) in [5.74, 6) is 1.60. The minimum absolute atomic E-state index is 0.255. The van der Waals surface area contributed by atoms with E-state index in [-0.39, 0.29) is 6.04 Å². The second-order valence-electron chi connectivity index (χ2n) is 8.92. The van der Waals surface area contributed by atoms with E-state index in [0.29, 0.717) is 41.2 Å². The lowest BCUT2D eigenvalue weighted by Gasteiger charge is -2.28. The van der Waals surface area contributed by atoms with Crippen LogP contribution in [0, 0.1) is 0 Å². The first-order chi connectivity index (χ1) is 16.6. The van der Waals surface area contributed by atoms with E-state index >= 15 is 0 Å². The molecule has 2 fully saturated rings. The SMILES string of the molecule is COc1nc(-c2ccnc(Nc3ccc(N4CC5CC4CO5)cn3)n2)cc2c1ncn2C(C)C. The van der Waals surface area contributed by atoms with Gasteiger partial charge >= 0.3 is 0 Å². The maximum absolute atomic E-state index is 5.70. The number of methoxy groups -OCH3 is 1. The largest absolute Gasteiger partial charge is 0.479 e. The van der Waals surface area contributed by atoms with Crippen LogP contribution in [0.25, 0.3) is 22.4 Å². The van der Waals surface area contributed by atoms with Crippen LogP contribution in [0.5, 0.6) is 5.88 Å². The molecule has 34 heavy (non-hydrogen) atoms. The Morgan fingerprint density at radius 2 is 2.03 bits per heavy atom. The molecule has 1 N–H and O–H groups in total. The van der Waals surface area contributed by atoms with Crippen LogP contribution in [0.1, 0.15) is 26.3 Å². The first-order valence-corrected chi connectivity index (χ1v) is 11.5. The van der Waals surface area contributed by atoms with Gasteiger partial charge in [-0.15, -0.1) is 0 Å². The third kappa shape index (κ3) is 3.60. The first-order valence-electron chi connectivity index (χ1n) is 11.5. The van der Waals surface area contributed by atoms with Crippen molar-refractivity contribution in [3.63, 3.8) is 0 Å². The summed E-state index contributed by atoms with van der Waals surface area (Å²) in [4.78, 5) is 25.1. The smallest absolute Gasteiger partial charge is 0.242 e. The Bertz CT molecular complexity index is 1340. The zero-order valence-corrected chi connectivity index (χ0v) is 19.3. The first kappa shape index (κ1) is 20.8. The summed E-state index contributed by atoms with van der Waals surface area (Å²) in [7, 11) is 1.60. The van der Waals surface area contributed by atoms with Gasteiger partial charge in [0.1, 0.15) is 5.82 Å². The van der Waals surface area contributed by atoms with Crippen LogP contribution in [-0.4, -0.2) is 61.9 Å². The van der Waals surface area contributed by atoms with Gasteiger partial charge in [0, 0.05) is 18.8 Å². The van der Waals surface area contributed by atoms with Gasteiger partial charge in [-0.25, -0.2) is 24.9 Å². The van der Waals surface area contributed by atoms with Gasteiger partial charge in [-0.2, -0.15) is 0 Å². The molecule has 10 nitrogen and oxygen atoms in total. The van der Waals surface area contributed by atoms with Gasteiger partial charge in [0.25, 0.3) is 0 Å². The number of aromatic nitrogens is 6. The molecule has 174 valence electrons. The van der Waals surface area contributed by atoms with Gasteiger partial charge in [-0.05, 0) is 44.5 Å². The Hall–Kier alpha value is -3.79. The number of nitrogens with zero attached hydrogens (tertiary/aromatic N) is 7. The summed E-state index contributed by atoms with van der Waals surface area (Å²) in [6.07, 6.45) is 6.86. The molecule has 2 aliphatic heterocycles. The molecule has 0 amide bonds. The van der Waals surface area contributed by atoms with Crippen molar-refractivity contribution in [2.45, 2.75) is 38.5 Å². The highest BCUT2D eigenvalue weighted by atomic mass is 16.5. The van der Waals surface area contributed by atoms with Crippen molar-refractivity contribution in [2.75, 3.05) is 30.5 Å². The molecule has 2 saturated heterocycles. The predicted octanol–water partition coefficient (Wildman–Crippen LogP) is 3.59. The van der Waals surface area contributed by atoms with Crippen molar-refractivity contribution < 1.29 is 9.47 Å². The molecule has 4 aromatic rings. The summed E-state index contributed by atoms with van der Waals surface area (Å²) in [6, 6.07) is 8.55. The van der Waals surface area contributed by atoms with Gasteiger partial charge in [-0.1, -0.05) is 0 Å². The number of hydrogen-bond donors (Lipinski definition) is 1. The number of nitrogens with one attached hydrogen (secondary N) is 1. The zero-order chi connectivity index (χ0) is 23.2. The highest BCUT2D eigenvalue weighted by Gasteiger charge is 2.39. The summed E-state index contributed by atoms with van der Waals surface area (Å²) in [5, 5.41) is 3.20. The summed E-state index contributed by atoms with van der Waals surface area (Å²) >= 11 is 0. The highest BCUT2D eigenvalue weighted by molar-refractivity contribution is 5.84. The number of hydrogen-bond acceptors (Lipinski definition) is 9. The molecule has 2 bridgehead atoms. The van der Waals surface area contributed by atoms with Crippen molar-refractivity contribution >= 4 is 28.5 Å². The monoisotopic (exact) mass is 458 g/mol. The molecule has 0 aliphatic carbocycles. The average molecular weight is 459 g/mol. The second-order valence-corrected chi connectivity index (χ2v) is 8.92. The standard InChI is InChI=1S/C24H26N8O2/c1-14(2)32-13-27-22-20(32)9-19(28-23(22)33-3)18-6-7-25-24(29-18)30-21-5-4-15(10-26-21)31-11-17-8-16(31)12-34-17/h4-7,9-10,13-14,16-17H,8,11-12H2,1-3H3,(H,25,26,29,30). The van der Waals surface area contributed by atoms with Gasteiger partial charge in [0.15, 0.2) is 5.52 Å². The number of imidazole rings is 1. The Morgan fingerprint density at radius 3 is 2.74 bits per heavy atom. The van der Waals surface area contributed by atoms with E-state index in [2.05, 4.69) is 59.6 Å². The molecule has 4 aromatic heterocycles. The number of ether oxygens (including phenoxy) is 2. The lowest BCUT2D eigenvalue weighted by molar-refractivity contribution is 0.0991. The maximum atomic E-state index is 5.70. The lowest BCUT2D eigenvalue weighted by atomic mass is 10.2. The van der Waals surface area contributed by atoms with Gasteiger partial charge in [0.05, 0.1) is 61.0 Å². The Labute approximate surface area is 197 Å². The van der Waals surface area contributed by atoms with Gasteiger partial charge in [-0.3, -0.25) is 0 Å². The normalized spacial score (nSPS) is 19.4. The molecule has 2 aliphatic rings. The van der Waals surface area contributed by atoms with Crippen LogP contribution in [0.3, 0.4) is 0 Å². The second kappa shape index (κ2) is 8.21. The van der Waals surface area contributed by atoms with Crippen molar-refractivity contribution in [2.24, 2.45) is 0 Å². The summed E-state index contributed by atoms with van der Waals surface area (Å²) in [5.41, 5.74) is 4.16. The van der Waals surface area contributed by atoms with E-state index in [1.807, 2.05) is 30.7 Å². The molecule has 6 heterocycles.